The van der Waals surface area contributed by atoms with Gasteiger partial charge in [0, 0.05) is 0 Å². The molecule has 0 heterocycles. The van der Waals surface area contributed by atoms with E-state index in [1.165, 1.54) is 19.3 Å². The number of guanidine groups is 1. The number of benzene rings is 1. The SMILES string of the molecule is CCCCCCC[N+](C)(C(=N)NC(=O)O)c1ccccc1. The summed E-state index contributed by atoms with van der Waals surface area (Å²) in [6, 6.07) is 9.62. The molecule has 1 rings (SSSR count). The number of unbranched alkanes of at least 4 members (excludes halogenated alkanes) is 4. The van der Waals surface area contributed by atoms with Gasteiger partial charge in [0.25, 0.3) is 0 Å². The Hall–Kier alpha value is -1.88. The number of carboxylic acid groups (broad SMARTS) is 1. The molecule has 5 nitrogen and oxygen atoms in total. The van der Waals surface area contributed by atoms with Gasteiger partial charge in [0.05, 0.1) is 13.6 Å². The summed E-state index contributed by atoms with van der Waals surface area (Å²) >= 11 is 0. The summed E-state index contributed by atoms with van der Waals surface area (Å²) in [5.74, 6) is -0.0100. The van der Waals surface area contributed by atoms with Gasteiger partial charge in [-0.2, -0.15) is 0 Å². The molecule has 21 heavy (non-hydrogen) atoms. The number of amides is 1. The van der Waals surface area contributed by atoms with Crippen LogP contribution in [0.4, 0.5) is 10.5 Å². The normalized spacial score (nSPS) is 13.4. The van der Waals surface area contributed by atoms with Gasteiger partial charge in [-0.05, 0) is 25.0 Å². The van der Waals surface area contributed by atoms with Crippen molar-refractivity contribution in [3.8, 4) is 0 Å². The first kappa shape index (κ1) is 17.2. The summed E-state index contributed by atoms with van der Waals surface area (Å²) in [5, 5.41) is 19.2. The standard InChI is InChI=1S/C16H25N3O2/c1-3-4-5-6-10-13-19(2,15(17)18-16(20)21)14-11-8-7-9-12-14/h7-9,11-12H,3-6,10,13H2,1-2H3,(H2-,17,18,20,21)/p+1. The molecule has 1 amide bonds. The Morgan fingerprint density at radius 2 is 1.81 bits per heavy atom. The number of carbonyl (C=O) groups is 1. The minimum Gasteiger partial charge on any atom is -0.465 e. The molecule has 1 aromatic carbocycles. The first-order valence-electron chi connectivity index (χ1n) is 7.51. The lowest BCUT2D eigenvalue weighted by molar-refractivity contribution is 0.198. The highest BCUT2D eigenvalue weighted by Gasteiger charge is 2.32. The minimum absolute atomic E-state index is 0.0100. The molecule has 1 aromatic rings. The Balaban J connectivity index is 2.79. The summed E-state index contributed by atoms with van der Waals surface area (Å²) in [4.78, 5) is 10.8. The number of hydrogen-bond donors (Lipinski definition) is 3. The molecule has 0 bridgehead atoms. The minimum atomic E-state index is -1.19. The van der Waals surface area contributed by atoms with E-state index < -0.39 is 6.09 Å². The number of rotatable bonds is 7. The molecule has 0 saturated heterocycles. The Bertz CT molecular complexity index is 462. The number of hydrogen-bond acceptors (Lipinski definition) is 2. The lowest BCUT2D eigenvalue weighted by atomic mass is 10.1. The van der Waals surface area contributed by atoms with E-state index >= 15 is 0 Å². The summed E-state index contributed by atoms with van der Waals surface area (Å²) in [7, 11) is 1.88. The Labute approximate surface area is 126 Å². The molecule has 0 spiro atoms. The predicted molar refractivity (Wildman–Crippen MR) is 86.7 cm³/mol. The largest absolute Gasteiger partial charge is 0.465 e. The monoisotopic (exact) mass is 292 g/mol. The number of nitrogens with one attached hydrogen (secondary N) is 2. The first-order chi connectivity index (χ1) is 10.0. The summed E-state index contributed by atoms with van der Waals surface area (Å²) in [5.41, 5.74) is 0.923. The molecule has 0 aliphatic carbocycles. The fraction of sp³-hybridized carbons (Fsp3) is 0.500. The molecule has 116 valence electrons. The van der Waals surface area contributed by atoms with Crippen LogP contribution in [0.5, 0.6) is 0 Å². The third-order valence-corrected chi connectivity index (χ3v) is 3.75. The molecule has 1 atom stereocenters. The maximum atomic E-state index is 10.8. The Kier molecular flexibility index (Phi) is 6.88. The molecular weight excluding hydrogens is 266 g/mol. The zero-order chi connectivity index (χ0) is 15.7. The summed E-state index contributed by atoms with van der Waals surface area (Å²) < 4.78 is 0.180. The predicted octanol–water partition coefficient (Wildman–Crippen LogP) is 3.80. The quantitative estimate of drug-likeness (QED) is 0.309. The molecule has 5 heteroatoms. The van der Waals surface area contributed by atoms with E-state index in [1.807, 2.05) is 37.4 Å². The van der Waals surface area contributed by atoms with Gasteiger partial charge in [-0.15, -0.1) is 0 Å². The molecule has 0 radical (unpaired) electrons. The molecule has 0 aliphatic heterocycles. The van der Waals surface area contributed by atoms with Gasteiger partial charge in [0.2, 0.25) is 0 Å². The van der Waals surface area contributed by atoms with Crippen LogP contribution in [0.3, 0.4) is 0 Å². The van der Waals surface area contributed by atoms with Gasteiger partial charge in [-0.3, -0.25) is 0 Å². The second-order valence-corrected chi connectivity index (χ2v) is 5.44. The van der Waals surface area contributed by atoms with E-state index in [1.54, 1.807) is 0 Å². The van der Waals surface area contributed by atoms with Crippen molar-refractivity contribution in [1.82, 2.24) is 9.80 Å². The number of para-hydroxylation sites is 1. The van der Waals surface area contributed by atoms with Crippen LogP contribution in [0, 0.1) is 5.41 Å². The number of nitrogens with zero attached hydrogens (tertiary/aromatic N) is 1. The van der Waals surface area contributed by atoms with E-state index in [2.05, 4.69) is 12.2 Å². The lowest BCUT2D eigenvalue weighted by Gasteiger charge is -2.32. The van der Waals surface area contributed by atoms with Crippen molar-refractivity contribution in [2.45, 2.75) is 39.0 Å². The van der Waals surface area contributed by atoms with Gasteiger partial charge >= 0.3 is 12.1 Å². The molecule has 0 aromatic heterocycles. The van der Waals surface area contributed by atoms with Crippen molar-refractivity contribution in [2.24, 2.45) is 0 Å². The zero-order valence-corrected chi connectivity index (χ0v) is 12.9. The zero-order valence-electron chi connectivity index (χ0n) is 12.9. The highest BCUT2D eigenvalue weighted by molar-refractivity contribution is 5.97. The van der Waals surface area contributed by atoms with Crippen LogP contribution in [0.15, 0.2) is 30.3 Å². The molecule has 0 fully saturated rings. The van der Waals surface area contributed by atoms with Gasteiger partial charge in [-0.1, -0.05) is 44.4 Å². The van der Waals surface area contributed by atoms with Crippen LogP contribution in [-0.4, -0.2) is 30.8 Å². The van der Waals surface area contributed by atoms with E-state index in [-0.39, 0.29) is 10.4 Å². The second-order valence-electron chi connectivity index (χ2n) is 5.44. The third-order valence-electron chi connectivity index (χ3n) is 3.75. The summed E-state index contributed by atoms with van der Waals surface area (Å²) in [6.07, 6.45) is 4.49. The van der Waals surface area contributed by atoms with Crippen LogP contribution in [-0.2, 0) is 0 Å². The van der Waals surface area contributed by atoms with Crippen molar-refractivity contribution in [3.05, 3.63) is 30.3 Å². The summed E-state index contributed by atoms with van der Waals surface area (Å²) in [6.45, 7) is 2.89. The maximum Gasteiger partial charge on any atom is 0.414 e. The molecule has 0 saturated carbocycles. The maximum absolute atomic E-state index is 10.8. The molecule has 3 N–H and O–H groups in total. The average molecular weight is 292 g/mol. The smallest absolute Gasteiger partial charge is 0.414 e. The van der Waals surface area contributed by atoms with Gasteiger partial charge in [0.1, 0.15) is 5.69 Å². The van der Waals surface area contributed by atoms with E-state index in [9.17, 15) is 4.79 Å². The second kappa shape index (κ2) is 8.42. The van der Waals surface area contributed by atoms with Gasteiger partial charge < -0.3 is 5.11 Å². The van der Waals surface area contributed by atoms with E-state index in [4.69, 9.17) is 10.5 Å². The molecular formula is C16H26N3O2+. The first-order valence-corrected chi connectivity index (χ1v) is 7.51. The Morgan fingerprint density at radius 3 is 2.38 bits per heavy atom. The number of quaternary nitrogens is 1. The fourth-order valence-electron chi connectivity index (χ4n) is 2.38. The van der Waals surface area contributed by atoms with E-state index in [0.29, 0.717) is 6.54 Å². The Morgan fingerprint density at radius 1 is 1.19 bits per heavy atom. The average Bonchev–Trinajstić information content (AvgIpc) is 2.47. The van der Waals surface area contributed by atoms with Crippen molar-refractivity contribution in [2.75, 3.05) is 13.6 Å². The molecule has 0 aliphatic rings. The lowest BCUT2D eigenvalue weighted by Crippen LogP contribution is -2.57. The topological polar surface area (TPSA) is 73.2 Å². The highest BCUT2D eigenvalue weighted by Crippen LogP contribution is 2.22. The van der Waals surface area contributed by atoms with Crippen molar-refractivity contribution in [3.63, 3.8) is 0 Å². The van der Waals surface area contributed by atoms with Crippen LogP contribution >= 0.6 is 0 Å². The van der Waals surface area contributed by atoms with Gasteiger partial charge in [0.15, 0.2) is 0 Å². The van der Waals surface area contributed by atoms with Crippen molar-refractivity contribution in [1.29, 1.82) is 5.41 Å². The van der Waals surface area contributed by atoms with Crippen LogP contribution in [0.25, 0.3) is 0 Å². The highest BCUT2D eigenvalue weighted by atomic mass is 16.4. The fourth-order valence-corrected chi connectivity index (χ4v) is 2.38. The van der Waals surface area contributed by atoms with Crippen LogP contribution in [0.1, 0.15) is 39.0 Å². The third kappa shape index (κ3) is 5.19. The van der Waals surface area contributed by atoms with Crippen molar-refractivity contribution < 1.29 is 9.90 Å². The van der Waals surface area contributed by atoms with Crippen LogP contribution in [0.2, 0.25) is 0 Å². The van der Waals surface area contributed by atoms with E-state index in [0.717, 1.165) is 18.5 Å². The van der Waals surface area contributed by atoms with Crippen molar-refractivity contribution >= 4 is 17.7 Å². The van der Waals surface area contributed by atoms with Gasteiger partial charge in [-0.25, -0.2) is 20.0 Å². The van der Waals surface area contributed by atoms with Crippen LogP contribution < -0.4 is 9.80 Å². The molecule has 1 unspecified atom stereocenters.